The molecule has 134 valence electrons. The van der Waals surface area contributed by atoms with Gasteiger partial charge in [0.25, 0.3) is 5.91 Å². The number of rotatable bonds is 4. The number of nitrogens with one attached hydrogen (secondary N) is 1. The molecular weight excluding hydrogens is 336 g/mol. The Morgan fingerprint density at radius 1 is 1.27 bits per heavy atom. The number of hydrogen-bond acceptors (Lipinski definition) is 5. The summed E-state index contributed by atoms with van der Waals surface area (Å²) in [6.07, 6.45) is 1.49. The van der Waals surface area contributed by atoms with E-state index in [1.807, 2.05) is 13.0 Å². The fourth-order valence-corrected chi connectivity index (χ4v) is 2.81. The molecule has 0 bridgehead atoms. The van der Waals surface area contributed by atoms with E-state index in [0.717, 1.165) is 16.0 Å². The van der Waals surface area contributed by atoms with Gasteiger partial charge in [0.15, 0.2) is 0 Å². The van der Waals surface area contributed by atoms with Gasteiger partial charge in [0.05, 0.1) is 12.7 Å². The highest BCUT2D eigenvalue weighted by Crippen LogP contribution is 2.29. The molecule has 0 saturated carbocycles. The van der Waals surface area contributed by atoms with E-state index < -0.39 is 12.0 Å². The summed E-state index contributed by atoms with van der Waals surface area (Å²) < 4.78 is 10.6. The number of esters is 1. The third-order valence-electron chi connectivity index (χ3n) is 4.20. The molecular formula is C19H18N2O5. The molecule has 3 rings (SSSR count). The van der Waals surface area contributed by atoms with E-state index in [1.54, 1.807) is 31.2 Å². The average Bonchev–Trinajstić information content (AvgIpc) is 3.19. The summed E-state index contributed by atoms with van der Waals surface area (Å²) >= 11 is 0. The highest BCUT2D eigenvalue weighted by atomic mass is 16.5. The molecule has 26 heavy (non-hydrogen) atoms. The van der Waals surface area contributed by atoms with Crippen LogP contribution in [0.3, 0.4) is 0 Å². The number of carbonyl (C=O) groups excluding carboxylic acids is 3. The molecule has 1 saturated heterocycles. The number of ether oxygens (including phenoxy) is 1. The third-order valence-corrected chi connectivity index (χ3v) is 4.20. The Kier molecular flexibility index (Phi) is 4.62. The molecule has 2 aromatic rings. The van der Waals surface area contributed by atoms with Gasteiger partial charge in [-0.2, -0.15) is 0 Å². The minimum atomic E-state index is -0.447. The van der Waals surface area contributed by atoms with Gasteiger partial charge in [-0.1, -0.05) is 12.1 Å². The van der Waals surface area contributed by atoms with Crippen molar-refractivity contribution >= 4 is 24.0 Å². The van der Waals surface area contributed by atoms with Crippen molar-refractivity contribution in [1.82, 2.24) is 10.2 Å². The molecule has 0 aliphatic carbocycles. The molecule has 1 aliphatic heterocycles. The molecule has 2 heterocycles. The molecule has 1 aliphatic rings. The monoisotopic (exact) mass is 354 g/mol. The van der Waals surface area contributed by atoms with Crippen LogP contribution >= 0.6 is 0 Å². The molecule has 0 radical (unpaired) electrons. The maximum absolute atomic E-state index is 12.1. The molecule has 1 N–H and O–H groups in total. The summed E-state index contributed by atoms with van der Waals surface area (Å²) in [4.78, 5) is 36.8. The zero-order chi connectivity index (χ0) is 18.8. The highest BCUT2D eigenvalue weighted by molar-refractivity contribution is 6.13. The van der Waals surface area contributed by atoms with E-state index in [4.69, 9.17) is 9.15 Å². The summed E-state index contributed by atoms with van der Waals surface area (Å²) in [6.45, 7) is 3.83. The van der Waals surface area contributed by atoms with Crippen molar-refractivity contribution in [2.45, 2.75) is 13.8 Å². The maximum atomic E-state index is 12.1. The smallest absolute Gasteiger partial charge is 0.338 e. The third kappa shape index (κ3) is 2.99. The van der Waals surface area contributed by atoms with Gasteiger partial charge in [-0.25, -0.2) is 9.59 Å². The normalized spacial score (nSPS) is 15.5. The first kappa shape index (κ1) is 17.5. The largest absolute Gasteiger partial charge is 0.465 e. The number of imide groups is 1. The number of carbonyl (C=O) groups is 3. The second kappa shape index (κ2) is 6.87. The first-order valence-electron chi connectivity index (χ1n) is 8.09. The molecule has 7 heteroatoms. The van der Waals surface area contributed by atoms with E-state index in [9.17, 15) is 14.4 Å². The fraction of sp³-hybridized carbons (Fsp3) is 0.211. The van der Waals surface area contributed by atoms with Crippen LogP contribution in [0.1, 0.15) is 28.6 Å². The minimum Gasteiger partial charge on any atom is -0.465 e. The van der Waals surface area contributed by atoms with Crippen LogP contribution in [0.15, 0.2) is 40.4 Å². The van der Waals surface area contributed by atoms with Gasteiger partial charge < -0.3 is 14.5 Å². The lowest BCUT2D eigenvalue weighted by Gasteiger charge is -2.07. The van der Waals surface area contributed by atoms with Crippen LogP contribution in [0.25, 0.3) is 17.4 Å². The van der Waals surface area contributed by atoms with Crippen LogP contribution in [0.4, 0.5) is 4.79 Å². The summed E-state index contributed by atoms with van der Waals surface area (Å²) in [7, 11) is 1.33. The number of methoxy groups -OCH3 is 1. The van der Waals surface area contributed by atoms with Gasteiger partial charge in [-0.05, 0) is 37.6 Å². The summed E-state index contributed by atoms with van der Waals surface area (Å²) in [5.74, 6) is 0.158. The first-order chi connectivity index (χ1) is 12.5. The Morgan fingerprint density at radius 2 is 2.04 bits per heavy atom. The van der Waals surface area contributed by atoms with E-state index in [-0.39, 0.29) is 11.6 Å². The molecule has 1 fully saturated rings. The SMILES string of the molecule is CCN1C(=O)N/C(=C/c2ccc(-c3cccc(C(=O)OC)c3C)o2)C1=O. The van der Waals surface area contributed by atoms with Gasteiger partial charge >= 0.3 is 12.0 Å². The van der Waals surface area contributed by atoms with E-state index in [2.05, 4.69) is 5.32 Å². The number of urea groups is 1. The lowest BCUT2D eigenvalue weighted by atomic mass is 10.0. The van der Waals surface area contributed by atoms with Crippen molar-refractivity contribution in [3.63, 3.8) is 0 Å². The quantitative estimate of drug-likeness (QED) is 0.518. The second-order valence-electron chi connectivity index (χ2n) is 5.71. The lowest BCUT2D eigenvalue weighted by Crippen LogP contribution is -2.30. The standard InChI is InChI=1S/C19H18N2O5/c1-4-21-17(22)15(20-19(21)24)10-12-8-9-16(26-12)13-6-5-7-14(11(13)2)18(23)25-3/h5-10H,4H2,1-3H3,(H,20,24)/b15-10+. The van der Waals surface area contributed by atoms with Crippen LogP contribution in [0.2, 0.25) is 0 Å². The topological polar surface area (TPSA) is 88.8 Å². The molecule has 0 unspecified atom stereocenters. The Hall–Kier alpha value is -3.35. The van der Waals surface area contributed by atoms with E-state index in [1.165, 1.54) is 13.2 Å². The first-order valence-corrected chi connectivity index (χ1v) is 8.09. The number of likely N-dealkylation sites (N-methyl/N-ethyl adjacent to an activating group) is 1. The van der Waals surface area contributed by atoms with Gasteiger partial charge in [0.1, 0.15) is 17.2 Å². The van der Waals surface area contributed by atoms with E-state index >= 15 is 0 Å². The van der Waals surface area contributed by atoms with Gasteiger partial charge in [0.2, 0.25) is 0 Å². The van der Waals surface area contributed by atoms with Crippen LogP contribution in [0.5, 0.6) is 0 Å². The zero-order valence-corrected chi connectivity index (χ0v) is 14.7. The van der Waals surface area contributed by atoms with Gasteiger partial charge in [0, 0.05) is 18.2 Å². The lowest BCUT2D eigenvalue weighted by molar-refractivity contribution is -0.122. The zero-order valence-electron chi connectivity index (χ0n) is 14.7. The summed E-state index contributed by atoms with van der Waals surface area (Å²) in [6, 6.07) is 8.25. The highest BCUT2D eigenvalue weighted by Gasteiger charge is 2.32. The molecule has 1 aromatic carbocycles. The van der Waals surface area contributed by atoms with Crippen molar-refractivity contribution in [3.05, 3.63) is 52.9 Å². The molecule has 7 nitrogen and oxygen atoms in total. The molecule has 0 spiro atoms. The Morgan fingerprint density at radius 3 is 2.69 bits per heavy atom. The summed E-state index contributed by atoms with van der Waals surface area (Å²) in [5.41, 5.74) is 2.10. The predicted octanol–water partition coefficient (Wildman–Crippen LogP) is 2.95. The average molecular weight is 354 g/mol. The van der Waals surface area contributed by atoms with Gasteiger partial charge in [-0.3, -0.25) is 9.69 Å². The summed E-state index contributed by atoms with van der Waals surface area (Å²) in [5, 5.41) is 2.52. The van der Waals surface area contributed by atoms with Crippen LogP contribution in [-0.4, -0.2) is 36.5 Å². The number of nitrogens with zero attached hydrogens (tertiary/aromatic N) is 1. The van der Waals surface area contributed by atoms with Crippen LogP contribution < -0.4 is 5.32 Å². The molecule has 3 amide bonds. The number of furan rings is 1. The number of hydrogen-bond donors (Lipinski definition) is 1. The minimum absolute atomic E-state index is 0.165. The van der Waals surface area contributed by atoms with Crippen molar-refractivity contribution in [2.24, 2.45) is 0 Å². The number of benzene rings is 1. The van der Waals surface area contributed by atoms with Crippen molar-refractivity contribution in [1.29, 1.82) is 0 Å². The fourth-order valence-electron chi connectivity index (χ4n) is 2.81. The van der Waals surface area contributed by atoms with Crippen molar-refractivity contribution < 1.29 is 23.5 Å². The Labute approximate surface area is 150 Å². The van der Waals surface area contributed by atoms with Crippen molar-refractivity contribution in [3.8, 4) is 11.3 Å². The Balaban J connectivity index is 1.92. The maximum Gasteiger partial charge on any atom is 0.338 e. The van der Waals surface area contributed by atoms with Crippen molar-refractivity contribution in [2.75, 3.05) is 13.7 Å². The Bertz CT molecular complexity index is 926. The molecule has 1 aromatic heterocycles. The van der Waals surface area contributed by atoms with Crippen LogP contribution in [0, 0.1) is 6.92 Å². The predicted molar refractivity (Wildman–Crippen MR) is 94.1 cm³/mol. The number of amides is 3. The van der Waals surface area contributed by atoms with E-state index in [0.29, 0.717) is 23.6 Å². The molecule has 0 atom stereocenters. The van der Waals surface area contributed by atoms with Gasteiger partial charge in [-0.15, -0.1) is 0 Å². The van der Waals surface area contributed by atoms with Crippen LogP contribution in [-0.2, 0) is 9.53 Å². The second-order valence-corrected chi connectivity index (χ2v) is 5.71.